The van der Waals surface area contributed by atoms with Gasteiger partial charge in [0.15, 0.2) is 5.82 Å². The second-order valence-electron chi connectivity index (χ2n) is 4.57. The normalized spacial score (nSPS) is 11.2. The van der Waals surface area contributed by atoms with Gasteiger partial charge in [-0.05, 0) is 20.3 Å². The zero-order chi connectivity index (χ0) is 14.0. The molecule has 0 saturated heterocycles. The van der Waals surface area contributed by atoms with Crippen molar-refractivity contribution in [2.24, 2.45) is 0 Å². The molecular formula is C12H17N5O2. The quantitative estimate of drug-likeness (QED) is 0.887. The first-order chi connectivity index (χ1) is 9.02. The molecule has 2 aromatic rings. The van der Waals surface area contributed by atoms with Crippen LogP contribution in [-0.2, 0) is 6.42 Å². The zero-order valence-corrected chi connectivity index (χ0v) is 11.2. The van der Waals surface area contributed by atoms with Crippen molar-refractivity contribution in [3.8, 4) is 5.82 Å². The lowest BCUT2D eigenvalue weighted by molar-refractivity contribution is 0.0683. The van der Waals surface area contributed by atoms with Crippen molar-refractivity contribution in [3.05, 3.63) is 23.9 Å². The van der Waals surface area contributed by atoms with E-state index >= 15 is 0 Å². The summed E-state index contributed by atoms with van der Waals surface area (Å²) in [5.74, 6) is -0.104. The molecule has 0 spiro atoms. The maximum Gasteiger partial charge on any atom is 0.375 e. The first-order valence-electron chi connectivity index (χ1n) is 6.27. The van der Waals surface area contributed by atoms with E-state index in [2.05, 4.69) is 15.2 Å². The van der Waals surface area contributed by atoms with Gasteiger partial charge in [-0.15, -0.1) is 5.10 Å². The van der Waals surface area contributed by atoms with E-state index in [-0.39, 0.29) is 11.9 Å². The molecular weight excluding hydrogens is 246 g/mol. The van der Waals surface area contributed by atoms with Crippen LogP contribution in [0.5, 0.6) is 0 Å². The second kappa shape index (κ2) is 5.21. The Kier molecular flexibility index (Phi) is 3.64. The molecule has 0 saturated carbocycles. The maximum absolute atomic E-state index is 11.0. The van der Waals surface area contributed by atoms with Crippen LogP contribution >= 0.6 is 0 Å². The molecule has 0 aliphatic heterocycles. The van der Waals surface area contributed by atoms with Crippen LogP contribution in [0.2, 0.25) is 0 Å². The summed E-state index contributed by atoms with van der Waals surface area (Å²) >= 11 is 0. The summed E-state index contributed by atoms with van der Waals surface area (Å²) < 4.78 is 3.30. The Hall–Kier alpha value is -2.18. The number of aryl methyl sites for hydroxylation is 1. The van der Waals surface area contributed by atoms with Gasteiger partial charge in [0.25, 0.3) is 5.82 Å². The lowest BCUT2D eigenvalue weighted by Gasteiger charge is -2.04. The third-order valence-electron chi connectivity index (χ3n) is 2.68. The van der Waals surface area contributed by atoms with Crippen molar-refractivity contribution >= 4 is 5.97 Å². The van der Waals surface area contributed by atoms with Crippen LogP contribution in [0.3, 0.4) is 0 Å². The minimum absolute atomic E-state index is 0.192. The van der Waals surface area contributed by atoms with E-state index in [1.54, 1.807) is 10.7 Å². The molecule has 0 aliphatic carbocycles. The van der Waals surface area contributed by atoms with Crippen LogP contribution < -0.4 is 0 Å². The summed E-state index contributed by atoms with van der Waals surface area (Å²) in [5, 5.41) is 17.3. The molecule has 102 valence electrons. The lowest BCUT2D eigenvalue weighted by atomic mass is 10.3. The summed E-state index contributed by atoms with van der Waals surface area (Å²) in [4.78, 5) is 15.0. The van der Waals surface area contributed by atoms with E-state index < -0.39 is 5.97 Å². The van der Waals surface area contributed by atoms with Gasteiger partial charge in [0.2, 0.25) is 0 Å². The van der Waals surface area contributed by atoms with Crippen LogP contribution in [0.4, 0.5) is 0 Å². The first-order valence-corrected chi connectivity index (χ1v) is 6.27. The summed E-state index contributed by atoms with van der Waals surface area (Å²) in [6.07, 6.45) is 3.37. The predicted octanol–water partition coefficient (Wildman–Crippen LogP) is 1.70. The van der Waals surface area contributed by atoms with E-state index in [0.29, 0.717) is 18.1 Å². The highest BCUT2D eigenvalue weighted by atomic mass is 16.4. The molecule has 1 N–H and O–H groups in total. The molecule has 2 rings (SSSR count). The molecule has 0 fully saturated rings. The van der Waals surface area contributed by atoms with Crippen molar-refractivity contribution < 1.29 is 9.90 Å². The number of aromatic carboxylic acids is 1. The number of aromatic nitrogens is 5. The van der Waals surface area contributed by atoms with Crippen molar-refractivity contribution in [3.63, 3.8) is 0 Å². The van der Waals surface area contributed by atoms with E-state index in [1.165, 1.54) is 4.68 Å². The molecule has 19 heavy (non-hydrogen) atoms. The molecule has 0 atom stereocenters. The van der Waals surface area contributed by atoms with E-state index in [9.17, 15) is 4.79 Å². The Morgan fingerprint density at radius 2 is 2.16 bits per heavy atom. The molecule has 0 radical (unpaired) electrons. The molecule has 7 heteroatoms. The summed E-state index contributed by atoms with van der Waals surface area (Å²) in [7, 11) is 0. The van der Waals surface area contributed by atoms with E-state index in [0.717, 1.165) is 6.42 Å². The fourth-order valence-corrected chi connectivity index (χ4v) is 1.73. The van der Waals surface area contributed by atoms with Crippen LogP contribution in [0, 0.1) is 0 Å². The lowest BCUT2D eigenvalue weighted by Crippen LogP contribution is -2.07. The first kappa shape index (κ1) is 13.3. The standard InChI is InChI=1S/C12H17N5O2/c1-4-5-9-13-11(12(18)19)15-17(9)10-6-7-16(14-10)8(2)3/h6-8H,4-5H2,1-3H3,(H,18,19). The Labute approximate surface area is 110 Å². The fraction of sp³-hybridized carbons (Fsp3) is 0.500. The monoisotopic (exact) mass is 263 g/mol. The Bertz CT molecular complexity index is 585. The number of carboxylic acid groups (broad SMARTS) is 1. The molecule has 0 unspecified atom stereocenters. The van der Waals surface area contributed by atoms with Gasteiger partial charge in [-0.3, -0.25) is 4.68 Å². The summed E-state index contributed by atoms with van der Waals surface area (Å²) in [5.41, 5.74) is 0. The number of rotatable bonds is 5. The molecule has 7 nitrogen and oxygen atoms in total. The van der Waals surface area contributed by atoms with Crippen molar-refractivity contribution in [2.45, 2.75) is 39.7 Å². The minimum atomic E-state index is -1.13. The predicted molar refractivity (Wildman–Crippen MR) is 68.5 cm³/mol. The number of carboxylic acids is 1. The average Bonchev–Trinajstić information content (AvgIpc) is 2.94. The van der Waals surface area contributed by atoms with Gasteiger partial charge >= 0.3 is 5.97 Å². The van der Waals surface area contributed by atoms with Crippen LogP contribution in [0.25, 0.3) is 5.82 Å². The van der Waals surface area contributed by atoms with Gasteiger partial charge in [0.05, 0.1) is 0 Å². The Morgan fingerprint density at radius 3 is 2.68 bits per heavy atom. The molecule has 0 bridgehead atoms. The van der Waals surface area contributed by atoms with Crippen LogP contribution in [-0.4, -0.2) is 35.6 Å². The Morgan fingerprint density at radius 1 is 1.42 bits per heavy atom. The smallest absolute Gasteiger partial charge is 0.375 e. The molecule has 0 aromatic carbocycles. The van der Waals surface area contributed by atoms with Crippen LogP contribution in [0.15, 0.2) is 12.3 Å². The summed E-state index contributed by atoms with van der Waals surface area (Å²) in [6, 6.07) is 2.05. The van der Waals surface area contributed by atoms with Gasteiger partial charge in [0.1, 0.15) is 5.82 Å². The number of hydrogen-bond donors (Lipinski definition) is 1. The third-order valence-corrected chi connectivity index (χ3v) is 2.68. The zero-order valence-electron chi connectivity index (χ0n) is 11.2. The van der Waals surface area contributed by atoms with Gasteiger partial charge in [0, 0.05) is 24.7 Å². The number of hydrogen-bond acceptors (Lipinski definition) is 4. The number of carbonyl (C=O) groups is 1. The molecule has 0 amide bonds. The van der Waals surface area contributed by atoms with Gasteiger partial charge in [-0.1, -0.05) is 6.92 Å². The summed E-state index contributed by atoms with van der Waals surface area (Å²) in [6.45, 7) is 6.05. The van der Waals surface area contributed by atoms with Crippen molar-refractivity contribution in [2.75, 3.05) is 0 Å². The second-order valence-corrected chi connectivity index (χ2v) is 4.57. The Balaban J connectivity index is 2.43. The topological polar surface area (TPSA) is 85.8 Å². The van der Waals surface area contributed by atoms with Crippen LogP contribution in [0.1, 0.15) is 49.7 Å². The average molecular weight is 263 g/mol. The van der Waals surface area contributed by atoms with Gasteiger partial charge in [-0.25, -0.2) is 9.78 Å². The van der Waals surface area contributed by atoms with E-state index in [1.807, 2.05) is 27.0 Å². The molecule has 0 aliphatic rings. The largest absolute Gasteiger partial charge is 0.475 e. The van der Waals surface area contributed by atoms with Crippen molar-refractivity contribution in [1.82, 2.24) is 24.5 Å². The number of nitrogens with zero attached hydrogens (tertiary/aromatic N) is 5. The highest BCUT2D eigenvalue weighted by Crippen LogP contribution is 2.12. The molecule has 2 heterocycles. The fourth-order valence-electron chi connectivity index (χ4n) is 1.73. The van der Waals surface area contributed by atoms with E-state index in [4.69, 9.17) is 5.11 Å². The highest BCUT2D eigenvalue weighted by Gasteiger charge is 2.17. The van der Waals surface area contributed by atoms with Gasteiger partial charge in [-0.2, -0.15) is 9.78 Å². The SMILES string of the molecule is CCCc1nc(C(=O)O)nn1-c1ccn(C(C)C)n1. The molecule has 2 aromatic heterocycles. The maximum atomic E-state index is 11.0. The third kappa shape index (κ3) is 2.64. The highest BCUT2D eigenvalue weighted by molar-refractivity contribution is 5.83. The van der Waals surface area contributed by atoms with Crippen molar-refractivity contribution in [1.29, 1.82) is 0 Å². The minimum Gasteiger partial charge on any atom is -0.475 e. The van der Waals surface area contributed by atoms with Gasteiger partial charge < -0.3 is 5.11 Å².